The second-order valence-corrected chi connectivity index (χ2v) is 13.0. The van der Waals surface area contributed by atoms with Crippen LogP contribution < -0.4 is 15.4 Å². The molecule has 11 heteroatoms. The first-order valence-corrected chi connectivity index (χ1v) is 16.5. The van der Waals surface area contributed by atoms with Crippen LogP contribution >= 0.6 is 24.4 Å². The van der Waals surface area contributed by atoms with Gasteiger partial charge in [-0.1, -0.05) is 51.8 Å². The third-order valence-electron chi connectivity index (χ3n) is 6.31. The Morgan fingerprint density at radius 1 is 1.09 bits per heavy atom. The molecule has 2 unspecified atom stereocenters. The molecule has 0 aliphatic carbocycles. The maximum Gasteiger partial charge on any atom is 0.406 e. The van der Waals surface area contributed by atoms with Crippen molar-refractivity contribution in [2.75, 3.05) is 37.2 Å². The molecule has 5 nitrogen and oxygen atoms in total. The van der Waals surface area contributed by atoms with Crippen molar-refractivity contribution in [3.05, 3.63) is 60.3 Å². The van der Waals surface area contributed by atoms with E-state index in [1.807, 2.05) is 52.1 Å². The van der Waals surface area contributed by atoms with E-state index >= 15 is 0 Å². The fourth-order valence-corrected chi connectivity index (χ4v) is 4.85. The molecule has 0 aliphatic heterocycles. The van der Waals surface area contributed by atoms with E-state index in [0.29, 0.717) is 40.4 Å². The van der Waals surface area contributed by atoms with Gasteiger partial charge in [-0.25, -0.2) is 4.39 Å². The zero-order valence-corrected chi connectivity index (χ0v) is 28.4. The van der Waals surface area contributed by atoms with Gasteiger partial charge in [0.25, 0.3) is 0 Å². The highest BCUT2D eigenvalue weighted by Gasteiger charge is 2.30. The van der Waals surface area contributed by atoms with Crippen LogP contribution in [0, 0.1) is 17.8 Å². The predicted molar refractivity (Wildman–Crippen MR) is 185 cm³/mol. The van der Waals surface area contributed by atoms with E-state index in [0.717, 1.165) is 15.1 Å². The van der Waals surface area contributed by atoms with Gasteiger partial charge in [0.05, 0.1) is 30.6 Å². The number of fused-ring (bicyclic) bond motifs is 1. The minimum Gasteiger partial charge on any atom is -0.495 e. The average molecular weight is 668 g/mol. The van der Waals surface area contributed by atoms with Crippen LogP contribution in [-0.4, -0.2) is 59.8 Å². The van der Waals surface area contributed by atoms with Crippen molar-refractivity contribution in [1.82, 2.24) is 4.57 Å². The van der Waals surface area contributed by atoms with Crippen LogP contribution in [0.15, 0.2) is 59.5 Å². The molecule has 45 heavy (non-hydrogen) atoms. The highest BCUT2D eigenvalue weighted by atomic mass is 32.2. The lowest BCUT2D eigenvalue weighted by atomic mass is 10.1. The third kappa shape index (κ3) is 13.5. The number of hydrogen-bond donors (Lipinski definition) is 4. The minimum absolute atomic E-state index is 0.136. The second-order valence-electron chi connectivity index (χ2n) is 11.1. The van der Waals surface area contributed by atoms with E-state index in [2.05, 4.69) is 35.1 Å². The Hall–Kier alpha value is -2.94. The lowest BCUT2D eigenvalue weighted by molar-refractivity contribution is -0.140. The fourth-order valence-electron chi connectivity index (χ4n) is 4.42. The molecule has 0 bridgehead atoms. The van der Waals surface area contributed by atoms with Crippen LogP contribution in [0.5, 0.6) is 5.75 Å². The molecule has 2 aromatic carbocycles. The Kier molecular flexibility index (Phi) is 16.1. The van der Waals surface area contributed by atoms with Crippen molar-refractivity contribution in [1.29, 1.82) is 0 Å². The lowest BCUT2D eigenvalue weighted by Crippen LogP contribution is -2.19. The molecule has 1 aromatic heterocycles. The highest BCUT2D eigenvalue weighted by Crippen LogP contribution is 2.31. The van der Waals surface area contributed by atoms with Gasteiger partial charge in [0.2, 0.25) is 0 Å². The van der Waals surface area contributed by atoms with Crippen molar-refractivity contribution < 1.29 is 27.4 Å². The van der Waals surface area contributed by atoms with Crippen LogP contribution in [0.2, 0.25) is 0 Å². The monoisotopic (exact) mass is 667 g/mol. The number of alkyl halides is 4. The maximum absolute atomic E-state index is 14.3. The summed E-state index contributed by atoms with van der Waals surface area (Å²) < 4.78 is 61.6. The summed E-state index contributed by atoms with van der Waals surface area (Å²) in [5, 5.41) is 17.1. The first-order chi connectivity index (χ1) is 21.3. The number of nitrogens with one attached hydrogen (secondary N) is 2. The van der Waals surface area contributed by atoms with Crippen LogP contribution in [0.3, 0.4) is 0 Å². The van der Waals surface area contributed by atoms with Crippen molar-refractivity contribution in [2.24, 2.45) is 5.92 Å². The van der Waals surface area contributed by atoms with Crippen molar-refractivity contribution >= 4 is 46.7 Å². The molecule has 0 spiro atoms. The van der Waals surface area contributed by atoms with Crippen molar-refractivity contribution in [3.63, 3.8) is 0 Å². The van der Waals surface area contributed by atoms with E-state index in [4.69, 9.17) is 4.74 Å². The van der Waals surface area contributed by atoms with Crippen LogP contribution in [-0.2, 0) is 6.54 Å². The molecule has 3 N–H and O–H groups in total. The van der Waals surface area contributed by atoms with Gasteiger partial charge >= 0.3 is 6.18 Å². The predicted octanol–water partition coefficient (Wildman–Crippen LogP) is 8.83. The molecule has 2 atom stereocenters. The van der Waals surface area contributed by atoms with Crippen LogP contribution in [0.25, 0.3) is 10.9 Å². The first kappa shape index (κ1) is 38.2. The number of aromatic nitrogens is 1. The Morgan fingerprint density at radius 3 is 2.40 bits per heavy atom. The summed E-state index contributed by atoms with van der Waals surface area (Å²) in [4.78, 5) is 1.04. The molecule has 3 rings (SSSR count). The zero-order valence-electron chi connectivity index (χ0n) is 26.7. The second kappa shape index (κ2) is 18.9. The summed E-state index contributed by atoms with van der Waals surface area (Å²) in [6.45, 7) is 6.80. The van der Waals surface area contributed by atoms with Crippen LogP contribution in [0.4, 0.5) is 28.9 Å². The summed E-state index contributed by atoms with van der Waals surface area (Å²) in [7, 11) is 1.57. The molecule has 0 saturated carbocycles. The van der Waals surface area contributed by atoms with Crippen molar-refractivity contribution in [2.45, 2.75) is 75.6 Å². The lowest BCUT2D eigenvalue weighted by Gasteiger charge is -2.17. The largest absolute Gasteiger partial charge is 0.495 e. The molecule has 0 saturated heterocycles. The SMILES string of the molecule is CC(C)S.COc1cc(SC)ccc1NCC#Cc1cc2c(NC(C=CC(F)CC(C)C)CCO)cccc2n1CC(F)(F)F. The number of ether oxygens (including phenoxy) is 1. The number of aliphatic hydroxyl groups is 1. The zero-order chi connectivity index (χ0) is 33.6. The maximum atomic E-state index is 14.3. The molecule has 1 heterocycles. The number of thiol groups is 1. The number of allylic oxidation sites excluding steroid dienone is 1. The molecule has 0 aliphatic rings. The summed E-state index contributed by atoms with van der Waals surface area (Å²) in [6, 6.07) is 12.0. The summed E-state index contributed by atoms with van der Waals surface area (Å²) in [5.41, 5.74) is 1.89. The Balaban J connectivity index is 0.00000166. The number of aliphatic hydroxyl groups excluding tert-OH is 1. The fraction of sp³-hybridized carbons (Fsp3) is 0.471. The standard InChI is InChI=1S/C31H37F4N3O2S.C3H8S/c1-21(2)17-22(32)10-11-23(14-16-39)37-27-8-5-9-29-26(27)18-24(38(29)20-31(33,34)35)7-6-15-36-28-13-12-25(41-4)19-30(28)40-3;1-3(2)4/h5,8-13,18-19,21-23,36-37,39H,14-17,20H2,1-4H3;3-4H,1-2H3. The van der Waals surface area contributed by atoms with Gasteiger partial charge in [0, 0.05) is 28.6 Å². The quantitative estimate of drug-likeness (QED) is 0.0483. The van der Waals surface area contributed by atoms with Crippen LogP contribution in [0.1, 0.15) is 46.2 Å². The average Bonchev–Trinajstić information content (AvgIpc) is 3.30. The number of nitrogens with zero attached hydrogens (tertiary/aromatic N) is 1. The number of benzene rings is 2. The molecule has 0 amide bonds. The Bertz CT molecular complexity index is 1430. The molecule has 248 valence electrons. The van der Waals surface area contributed by atoms with Gasteiger partial charge in [-0.2, -0.15) is 25.8 Å². The van der Waals surface area contributed by atoms with Gasteiger partial charge in [-0.3, -0.25) is 0 Å². The number of hydrogen-bond acceptors (Lipinski definition) is 6. The number of methoxy groups -OCH3 is 1. The molecule has 0 fully saturated rings. The molecular weight excluding hydrogens is 623 g/mol. The van der Waals surface area contributed by atoms with E-state index in [1.165, 1.54) is 6.08 Å². The summed E-state index contributed by atoms with van der Waals surface area (Å²) in [6.07, 6.45) is 0.211. The van der Waals surface area contributed by atoms with Gasteiger partial charge in [-0.05, 0) is 72.6 Å². The highest BCUT2D eigenvalue weighted by molar-refractivity contribution is 7.98. The Labute approximate surface area is 274 Å². The van der Waals surface area contributed by atoms with Gasteiger partial charge in [0.1, 0.15) is 18.5 Å². The first-order valence-electron chi connectivity index (χ1n) is 14.8. The van der Waals surface area contributed by atoms with E-state index in [9.17, 15) is 22.7 Å². The number of anilines is 2. The smallest absolute Gasteiger partial charge is 0.406 e. The van der Waals surface area contributed by atoms with E-state index < -0.39 is 24.9 Å². The summed E-state index contributed by atoms with van der Waals surface area (Å²) in [5.74, 6) is 6.66. The van der Waals surface area contributed by atoms with E-state index in [-0.39, 0.29) is 24.8 Å². The number of halogens is 4. The third-order valence-corrected chi connectivity index (χ3v) is 7.03. The van der Waals surface area contributed by atoms with Gasteiger partial charge < -0.3 is 25.0 Å². The normalized spacial score (nSPS) is 12.9. The van der Waals surface area contributed by atoms with E-state index in [1.54, 1.807) is 49.2 Å². The molecule has 0 radical (unpaired) electrons. The number of rotatable bonds is 13. The van der Waals surface area contributed by atoms with Gasteiger partial charge in [-0.15, -0.1) is 11.8 Å². The minimum atomic E-state index is -4.45. The molecular formula is C34H45F4N3O2S2. The number of thioether (sulfide) groups is 1. The van der Waals surface area contributed by atoms with Crippen molar-refractivity contribution in [3.8, 4) is 17.6 Å². The Morgan fingerprint density at radius 2 is 1.80 bits per heavy atom. The molecule has 3 aromatic rings. The van der Waals surface area contributed by atoms with Gasteiger partial charge in [0.15, 0.2) is 0 Å². The topological polar surface area (TPSA) is 58.4 Å². The summed E-state index contributed by atoms with van der Waals surface area (Å²) >= 11 is 5.55.